The van der Waals surface area contributed by atoms with Gasteiger partial charge in [0.15, 0.2) is 0 Å². The average molecular weight is 371 g/mol. The van der Waals surface area contributed by atoms with E-state index >= 15 is 0 Å². The number of carboxylic acid groups (broad SMARTS) is 1. The van der Waals surface area contributed by atoms with Crippen LogP contribution in [-0.4, -0.2) is 21.7 Å². The smallest absolute Gasteiger partial charge is 0.323 e. The van der Waals surface area contributed by atoms with Crippen LogP contribution in [0.4, 0.5) is 8.78 Å². The van der Waals surface area contributed by atoms with E-state index in [-0.39, 0.29) is 26.9 Å². The molecule has 0 bridgehead atoms. The molecule has 0 aromatic heterocycles. The second-order valence-electron chi connectivity index (χ2n) is 4.17. The third-order valence-corrected chi connectivity index (χ3v) is 3.65. The van der Waals surface area contributed by atoms with E-state index in [9.17, 15) is 18.7 Å². The van der Waals surface area contributed by atoms with Gasteiger partial charge in [-0.05, 0) is 41.1 Å². The van der Waals surface area contributed by atoms with Gasteiger partial charge in [0.25, 0.3) is 6.43 Å². The lowest BCUT2D eigenvalue weighted by atomic mass is 9.91. The molecule has 1 rings (SSSR count). The lowest BCUT2D eigenvalue weighted by Gasteiger charge is -2.21. The van der Waals surface area contributed by atoms with Crippen LogP contribution >= 0.6 is 22.6 Å². The summed E-state index contributed by atoms with van der Waals surface area (Å²) in [6.07, 6.45) is -3.04. The van der Waals surface area contributed by atoms with E-state index in [1.807, 2.05) is 0 Å². The number of hydrogen-bond donors (Lipinski definition) is 3. The number of alkyl halides is 2. The molecule has 0 saturated heterocycles. The molecule has 0 fully saturated rings. The van der Waals surface area contributed by atoms with Crippen molar-refractivity contribution in [1.82, 2.24) is 0 Å². The lowest BCUT2D eigenvalue weighted by Crippen LogP contribution is -2.47. The third kappa shape index (κ3) is 3.08. The zero-order chi connectivity index (χ0) is 14.1. The minimum atomic E-state index is -2.80. The second kappa shape index (κ2) is 5.35. The Balaban J connectivity index is 3.26. The van der Waals surface area contributed by atoms with Crippen LogP contribution in [0, 0.1) is 3.57 Å². The molecule has 1 aromatic rings. The van der Waals surface area contributed by atoms with Crippen molar-refractivity contribution in [1.29, 1.82) is 0 Å². The molecule has 4 nitrogen and oxygen atoms in total. The van der Waals surface area contributed by atoms with Crippen LogP contribution in [0.15, 0.2) is 12.1 Å². The number of aromatic hydroxyl groups is 1. The van der Waals surface area contributed by atoms with E-state index in [1.165, 1.54) is 19.1 Å². The van der Waals surface area contributed by atoms with Crippen molar-refractivity contribution < 1.29 is 23.8 Å². The standard InChI is InChI=1S/C11H12F2INO3/c1-11(15,10(17)18)4-5-2-3-6(16)8(14)7(5)9(12)13/h2-3,9,16H,4,15H2,1H3,(H,17,18)/t11-/m0/s1. The van der Waals surface area contributed by atoms with Crippen molar-refractivity contribution in [2.45, 2.75) is 25.3 Å². The van der Waals surface area contributed by atoms with Crippen LogP contribution in [0.25, 0.3) is 0 Å². The molecular formula is C11H12F2INO3. The maximum absolute atomic E-state index is 12.9. The Kier molecular flexibility index (Phi) is 4.49. The molecule has 0 heterocycles. The molecule has 0 aliphatic rings. The largest absolute Gasteiger partial charge is 0.507 e. The molecule has 18 heavy (non-hydrogen) atoms. The highest BCUT2D eigenvalue weighted by Gasteiger charge is 2.31. The quantitative estimate of drug-likeness (QED) is 0.710. The average Bonchev–Trinajstić information content (AvgIpc) is 2.22. The molecule has 0 aliphatic carbocycles. The fourth-order valence-electron chi connectivity index (χ4n) is 1.48. The maximum atomic E-state index is 12.9. The number of halogens is 3. The lowest BCUT2D eigenvalue weighted by molar-refractivity contribution is -0.142. The fourth-order valence-corrected chi connectivity index (χ4v) is 2.24. The number of phenolic OH excluding ortho intramolecular Hbond substituents is 1. The van der Waals surface area contributed by atoms with Gasteiger partial charge in [0.1, 0.15) is 11.3 Å². The Morgan fingerprint density at radius 1 is 1.56 bits per heavy atom. The summed E-state index contributed by atoms with van der Waals surface area (Å²) in [5, 5.41) is 18.3. The molecule has 1 aromatic carbocycles. The van der Waals surface area contributed by atoms with Crippen LogP contribution in [0.1, 0.15) is 24.5 Å². The van der Waals surface area contributed by atoms with E-state index in [4.69, 9.17) is 10.8 Å². The highest BCUT2D eigenvalue weighted by molar-refractivity contribution is 14.1. The first-order valence-electron chi connectivity index (χ1n) is 4.97. The molecule has 0 amide bonds. The first-order valence-corrected chi connectivity index (χ1v) is 6.05. The molecule has 0 saturated carbocycles. The predicted octanol–water partition coefficient (Wildman–Crippen LogP) is 2.28. The molecule has 0 aliphatic heterocycles. The SMILES string of the molecule is C[C@](N)(Cc1ccc(O)c(I)c1C(F)F)C(=O)O. The van der Waals surface area contributed by atoms with Crippen LogP contribution in [-0.2, 0) is 11.2 Å². The van der Waals surface area contributed by atoms with Gasteiger partial charge >= 0.3 is 5.97 Å². The number of nitrogens with two attached hydrogens (primary N) is 1. The molecule has 1 atom stereocenters. The summed E-state index contributed by atoms with van der Waals surface area (Å²) >= 11 is 1.60. The van der Waals surface area contributed by atoms with Gasteiger partial charge in [-0.2, -0.15) is 0 Å². The Hall–Kier alpha value is -0.960. The summed E-state index contributed by atoms with van der Waals surface area (Å²) in [7, 11) is 0. The summed E-state index contributed by atoms with van der Waals surface area (Å²) in [4.78, 5) is 10.9. The van der Waals surface area contributed by atoms with Crippen molar-refractivity contribution >= 4 is 28.6 Å². The van der Waals surface area contributed by atoms with Gasteiger partial charge in [0.05, 0.1) is 3.57 Å². The van der Waals surface area contributed by atoms with Crippen molar-refractivity contribution in [2.24, 2.45) is 5.73 Å². The summed E-state index contributed by atoms with van der Waals surface area (Å²) < 4.78 is 25.9. The van der Waals surface area contributed by atoms with Crippen molar-refractivity contribution in [3.8, 4) is 5.75 Å². The fraction of sp³-hybridized carbons (Fsp3) is 0.364. The number of phenols is 1. The summed E-state index contributed by atoms with van der Waals surface area (Å²) in [5.41, 5.74) is 3.66. The summed E-state index contributed by atoms with van der Waals surface area (Å²) in [6, 6.07) is 2.52. The monoisotopic (exact) mass is 371 g/mol. The second-order valence-corrected chi connectivity index (χ2v) is 5.25. The Morgan fingerprint density at radius 3 is 2.56 bits per heavy atom. The number of benzene rings is 1. The molecule has 0 radical (unpaired) electrons. The molecule has 7 heteroatoms. The zero-order valence-electron chi connectivity index (χ0n) is 9.45. The van der Waals surface area contributed by atoms with Gasteiger partial charge in [0.2, 0.25) is 0 Å². The Morgan fingerprint density at radius 2 is 2.11 bits per heavy atom. The van der Waals surface area contributed by atoms with Gasteiger partial charge in [0, 0.05) is 12.0 Å². The zero-order valence-corrected chi connectivity index (χ0v) is 11.6. The van der Waals surface area contributed by atoms with Crippen molar-refractivity contribution in [2.75, 3.05) is 0 Å². The molecular weight excluding hydrogens is 359 g/mol. The molecule has 0 spiro atoms. The number of rotatable bonds is 4. The number of hydrogen-bond acceptors (Lipinski definition) is 3. The van der Waals surface area contributed by atoms with E-state index < -0.39 is 17.9 Å². The van der Waals surface area contributed by atoms with Crippen LogP contribution < -0.4 is 5.73 Å². The van der Waals surface area contributed by atoms with Crippen LogP contribution in [0.3, 0.4) is 0 Å². The van der Waals surface area contributed by atoms with E-state index in [0.717, 1.165) is 0 Å². The highest BCUT2D eigenvalue weighted by Crippen LogP contribution is 2.34. The predicted molar refractivity (Wildman–Crippen MR) is 69.7 cm³/mol. The van der Waals surface area contributed by atoms with Gasteiger partial charge in [-0.15, -0.1) is 0 Å². The summed E-state index contributed by atoms with van der Waals surface area (Å²) in [5.74, 6) is -1.53. The highest BCUT2D eigenvalue weighted by atomic mass is 127. The van der Waals surface area contributed by atoms with Crippen LogP contribution in [0.5, 0.6) is 5.75 Å². The Bertz CT molecular complexity index is 478. The van der Waals surface area contributed by atoms with E-state index in [0.29, 0.717) is 0 Å². The van der Waals surface area contributed by atoms with E-state index in [1.54, 1.807) is 22.6 Å². The minimum absolute atomic E-state index is 0.0151. The van der Waals surface area contributed by atoms with Gasteiger partial charge in [-0.25, -0.2) is 8.78 Å². The van der Waals surface area contributed by atoms with Gasteiger partial charge < -0.3 is 15.9 Å². The molecule has 0 unspecified atom stereocenters. The first-order chi connectivity index (χ1) is 8.16. The maximum Gasteiger partial charge on any atom is 0.323 e. The normalized spacial score (nSPS) is 14.6. The first kappa shape index (κ1) is 15.1. The summed E-state index contributed by atoms with van der Waals surface area (Å²) in [6.45, 7) is 1.25. The Labute approximate surface area is 116 Å². The molecule has 100 valence electrons. The topological polar surface area (TPSA) is 83.5 Å². The number of aliphatic carboxylic acids is 1. The minimum Gasteiger partial charge on any atom is -0.507 e. The van der Waals surface area contributed by atoms with Gasteiger partial charge in [-0.3, -0.25) is 4.79 Å². The number of carbonyl (C=O) groups is 1. The van der Waals surface area contributed by atoms with Crippen molar-refractivity contribution in [3.63, 3.8) is 0 Å². The number of carboxylic acids is 1. The van der Waals surface area contributed by atoms with Crippen LogP contribution in [0.2, 0.25) is 0 Å². The van der Waals surface area contributed by atoms with Crippen molar-refractivity contribution in [3.05, 3.63) is 26.8 Å². The third-order valence-electron chi connectivity index (χ3n) is 2.51. The van der Waals surface area contributed by atoms with E-state index in [2.05, 4.69) is 0 Å². The molecule has 4 N–H and O–H groups in total. The van der Waals surface area contributed by atoms with Gasteiger partial charge in [-0.1, -0.05) is 6.07 Å².